The molecule has 1 saturated heterocycles. The Morgan fingerprint density at radius 3 is 2.73 bits per heavy atom. The SMILES string of the molecule is CCCS(=O)(=O)N1CCN(CCNC(=O)c2cc3n(n2)CCCO3)CC1. The van der Waals surface area contributed by atoms with Crippen molar-refractivity contribution < 1.29 is 17.9 Å². The summed E-state index contributed by atoms with van der Waals surface area (Å²) in [5.74, 6) is 0.645. The number of hydrogen-bond acceptors (Lipinski definition) is 6. The van der Waals surface area contributed by atoms with Crippen LogP contribution < -0.4 is 10.1 Å². The first-order chi connectivity index (χ1) is 12.5. The molecule has 1 fully saturated rings. The Kier molecular flexibility index (Phi) is 6.15. The average Bonchev–Trinajstić information content (AvgIpc) is 3.06. The van der Waals surface area contributed by atoms with E-state index in [4.69, 9.17) is 4.74 Å². The van der Waals surface area contributed by atoms with Crippen molar-refractivity contribution in [2.75, 3.05) is 51.6 Å². The fourth-order valence-electron chi connectivity index (χ4n) is 3.21. The topological polar surface area (TPSA) is 96.8 Å². The second-order valence-electron chi connectivity index (χ2n) is 6.61. The highest BCUT2D eigenvalue weighted by atomic mass is 32.2. The molecule has 1 N–H and O–H groups in total. The number of fused-ring (bicyclic) bond motifs is 1. The lowest BCUT2D eigenvalue weighted by Gasteiger charge is -2.33. The van der Waals surface area contributed by atoms with Crippen molar-refractivity contribution in [3.63, 3.8) is 0 Å². The molecule has 2 aliphatic heterocycles. The van der Waals surface area contributed by atoms with Gasteiger partial charge < -0.3 is 10.1 Å². The van der Waals surface area contributed by atoms with Crippen molar-refractivity contribution in [1.29, 1.82) is 0 Å². The minimum atomic E-state index is -3.11. The number of carbonyl (C=O) groups is 1. The number of nitrogens with zero attached hydrogens (tertiary/aromatic N) is 4. The van der Waals surface area contributed by atoms with Crippen molar-refractivity contribution in [3.05, 3.63) is 11.8 Å². The maximum atomic E-state index is 12.2. The zero-order valence-electron chi connectivity index (χ0n) is 15.2. The van der Waals surface area contributed by atoms with E-state index in [9.17, 15) is 13.2 Å². The van der Waals surface area contributed by atoms with Crippen LogP contribution >= 0.6 is 0 Å². The monoisotopic (exact) mass is 385 g/mol. The molecule has 1 aromatic heterocycles. The number of rotatable bonds is 7. The quantitative estimate of drug-likeness (QED) is 0.695. The van der Waals surface area contributed by atoms with E-state index in [-0.39, 0.29) is 11.7 Å². The zero-order valence-corrected chi connectivity index (χ0v) is 16.0. The molecule has 0 bridgehead atoms. The molecule has 0 spiro atoms. The summed E-state index contributed by atoms with van der Waals surface area (Å²) in [7, 11) is -3.11. The number of aromatic nitrogens is 2. The normalized spacial score (nSPS) is 19.0. The van der Waals surface area contributed by atoms with Gasteiger partial charge in [0.2, 0.25) is 15.9 Å². The molecule has 9 nitrogen and oxygen atoms in total. The van der Waals surface area contributed by atoms with Crippen molar-refractivity contribution in [2.45, 2.75) is 26.3 Å². The number of amides is 1. The smallest absolute Gasteiger partial charge is 0.271 e. The fraction of sp³-hybridized carbons (Fsp3) is 0.750. The van der Waals surface area contributed by atoms with Gasteiger partial charge in [-0.25, -0.2) is 13.1 Å². The molecular formula is C16H27N5O4S. The summed E-state index contributed by atoms with van der Waals surface area (Å²) >= 11 is 0. The zero-order chi connectivity index (χ0) is 18.6. The number of nitrogens with one attached hydrogen (secondary N) is 1. The van der Waals surface area contributed by atoms with E-state index in [0.717, 1.165) is 13.0 Å². The highest BCUT2D eigenvalue weighted by Crippen LogP contribution is 2.18. The van der Waals surface area contributed by atoms with Crippen molar-refractivity contribution >= 4 is 15.9 Å². The van der Waals surface area contributed by atoms with Crippen LogP contribution in [0.2, 0.25) is 0 Å². The van der Waals surface area contributed by atoms with Crippen LogP contribution in [0.3, 0.4) is 0 Å². The number of sulfonamides is 1. The van der Waals surface area contributed by atoms with Gasteiger partial charge in [0.1, 0.15) is 0 Å². The molecule has 2 aliphatic rings. The Balaban J connectivity index is 1.40. The summed E-state index contributed by atoms with van der Waals surface area (Å²) in [6, 6.07) is 1.67. The van der Waals surface area contributed by atoms with Gasteiger partial charge in [-0.05, 0) is 6.42 Å². The Morgan fingerprint density at radius 1 is 1.27 bits per heavy atom. The molecule has 3 heterocycles. The molecular weight excluding hydrogens is 358 g/mol. The highest BCUT2D eigenvalue weighted by molar-refractivity contribution is 7.89. The first-order valence-electron chi connectivity index (χ1n) is 9.18. The van der Waals surface area contributed by atoms with Gasteiger partial charge in [0.15, 0.2) is 5.69 Å². The van der Waals surface area contributed by atoms with Gasteiger partial charge in [-0.3, -0.25) is 9.69 Å². The Bertz CT molecular complexity index is 701. The van der Waals surface area contributed by atoms with Crippen LogP contribution in [-0.2, 0) is 16.6 Å². The predicted molar refractivity (Wildman–Crippen MR) is 96.8 cm³/mol. The maximum absolute atomic E-state index is 12.2. The molecule has 3 rings (SSSR count). The summed E-state index contributed by atoms with van der Waals surface area (Å²) in [6.07, 6.45) is 1.53. The second kappa shape index (κ2) is 8.36. The molecule has 10 heteroatoms. The molecule has 0 saturated carbocycles. The molecule has 1 aromatic rings. The first-order valence-corrected chi connectivity index (χ1v) is 10.8. The van der Waals surface area contributed by atoms with Gasteiger partial charge in [0.25, 0.3) is 5.91 Å². The number of aryl methyl sites for hydroxylation is 1. The lowest BCUT2D eigenvalue weighted by atomic mass is 10.3. The van der Waals surface area contributed by atoms with Crippen molar-refractivity contribution in [2.24, 2.45) is 0 Å². The molecule has 26 heavy (non-hydrogen) atoms. The third kappa shape index (κ3) is 4.54. The number of carbonyl (C=O) groups excluding carboxylic acids is 1. The lowest BCUT2D eigenvalue weighted by molar-refractivity contribution is 0.0939. The highest BCUT2D eigenvalue weighted by Gasteiger charge is 2.26. The summed E-state index contributed by atoms with van der Waals surface area (Å²) in [5.41, 5.74) is 0.373. The molecule has 0 aromatic carbocycles. The first kappa shape index (κ1) is 19.1. The standard InChI is InChI=1S/C16H27N5O4S/c1-2-12-26(23,24)20-9-7-19(8-10-20)6-4-17-16(22)14-13-15-21(18-14)5-3-11-25-15/h13H,2-12H2,1H3,(H,17,22). The number of ether oxygens (including phenoxy) is 1. The van der Waals surface area contributed by atoms with Gasteiger partial charge in [-0.2, -0.15) is 9.40 Å². The fourth-order valence-corrected chi connectivity index (χ4v) is 4.71. The summed E-state index contributed by atoms with van der Waals surface area (Å²) < 4.78 is 32.9. The van der Waals surface area contributed by atoms with Gasteiger partial charge >= 0.3 is 0 Å². The van der Waals surface area contributed by atoms with Crippen LogP contribution in [-0.4, -0.2) is 84.9 Å². The van der Waals surface area contributed by atoms with E-state index in [1.807, 2.05) is 6.92 Å². The predicted octanol–water partition coefficient (Wildman–Crippen LogP) is -0.247. The molecule has 0 aliphatic carbocycles. The van der Waals surface area contributed by atoms with E-state index >= 15 is 0 Å². The van der Waals surface area contributed by atoms with Crippen LogP contribution in [0.1, 0.15) is 30.3 Å². The Hall–Kier alpha value is -1.65. The van der Waals surface area contributed by atoms with Crippen LogP contribution in [0.4, 0.5) is 0 Å². The number of hydrogen-bond donors (Lipinski definition) is 1. The van der Waals surface area contributed by atoms with Crippen LogP contribution in [0, 0.1) is 0 Å². The van der Waals surface area contributed by atoms with Crippen LogP contribution in [0.25, 0.3) is 0 Å². The van der Waals surface area contributed by atoms with Crippen molar-refractivity contribution in [1.82, 2.24) is 24.3 Å². The summed E-state index contributed by atoms with van der Waals surface area (Å²) in [5, 5.41) is 7.14. The Labute approximate surface area is 154 Å². The molecule has 1 amide bonds. The van der Waals surface area contributed by atoms with Crippen LogP contribution in [0.15, 0.2) is 6.07 Å². The maximum Gasteiger partial charge on any atom is 0.271 e. The minimum Gasteiger partial charge on any atom is -0.478 e. The van der Waals surface area contributed by atoms with Gasteiger partial charge in [-0.15, -0.1) is 0 Å². The summed E-state index contributed by atoms with van der Waals surface area (Å²) in [6.45, 7) is 6.90. The molecule has 0 atom stereocenters. The molecule has 0 radical (unpaired) electrons. The van der Waals surface area contributed by atoms with E-state index in [2.05, 4.69) is 15.3 Å². The van der Waals surface area contributed by atoms with Crippen molar-refractivity contribution in [3.8, 4) is 5.88 Å². The number of piperazine rings is 1. The van der Waals surface area contributed by atoms with Gasteiger partial charge in [0, 0.05) is 58.3 Å². The Morgan fingerprint density at radius 2 is 2.04 bits per heavy atom. The minimum absolute atomic E-state index is 0.209. The van der Waals surface area contributed by atoms with Gasteiger partial charge in [0.05, 0.1) is 12.4 Å². The van der Waals surface area contributed by atoms with Crippen LogP contribution in [0.5, 0.6) is 5.88 Å². The van der Waals surface area contributed by atoms with E-state index in [0.29, 0.717) is 63.9 Å². The van der Waals surface area contributed by atoms with Gasteiger partial charge in [-0.1, -0.05) is 6.92 Å². The van der Waals surface area contributed by atoms with E-state index in [1.165, 1.54) is 0 Å². The molecule has 146 valence electrons. The lowest BCUT2D eigenvalue weighted by Crippen LogP contribution is -2.50. The average molecular weight is 385 g/mol. The largest absolute Gasteiger partial charge is 0.478 e. The second-order valence-corrected chi connectivity index (χ2v) is 8.69. The third-order valence-corrected chi connectivity index (χ3v) is 6.72. The van der Waals surface area contributed by atoms with E-state index in [1.54, 1.807) is 15.1 Å². The summed E-state index contributed by atoms with van der Waals surface area (Å²) in [4.78, 5) is 14.4. The third-order valence-electron chi connectivity index (χ3n) is 4.64. The molecule has 0 unspecified atom stereocenters. The van der Waals surface area contributed by atoms with E-state index < -0.39 is 10.0 Å².